The highest BCUT2D eigenvalue weighted by Crippen LogP contribution is 2.42. The minimum absolute atomic E-state index is 0.567. The zero-order valence-corrected chi connectivity index (χ0v) is 21.0. The van der Waals surface area contributed by atoms with E-state index in [1.807, 2.05) is 30.6 Å². The highest BCUT2D eigenvalue weighted by molar-refractivity contribution is 6.07. The largest absolute Gasteiger partial charge is 0.467 e. The average molecular weight is 496 g/mol. The molecule has 1 saturated heterocycles. The molecule has 7 heteroatoms. The third-order valence-electron chi connectivity index (χ3n) is 7.25. The Hall–Kier alpha value is -3.94. The SMILES string of the molecule is Nc1c2c(-c3ccccc3)c(-c3ccccc3)n(Cc3ccco3)c2nc[n+]1CCC[NH+]1CCOCC1. The molecule has 0 radical (unpaired) electrons. The maximum Gasteiger partial charge on any atom is 0.232 e. The van der Waals surface area contributed by atoms with E-state index in [4.69, 9.17) is 19.9 Å². The Morgan fingerprint density at radius 3 is 2.35 bits per heavy atom. The van der Waals surface area contributed by atoms with Crippen LogP contribution in [0.5, 0.6) is 0 Å². The van der Waals surface area contributed by atoms with Crippen molar-refractivity contribution in [3.8, 4) is 22.4 Å². The van der Waals surface area contributed by atoms with Crippen molar-refractivity contribution in [2.75, 3.05) is 38.6 Å². The van der Waals surface area contributed by atoms with Gasteiger partial charge in [-0.2, -0.15) is 0 Å². The van der Waals surface area contributed by atoms with Crippen LogP contribution in [-0.4, -0.2) is 42.4 Å². The fourth-order valence-corrected chi connectivity index (χ4v) is 5.40. The van der Waals surface area contributed by atoms with E-state index in [1.54, 1.807) is 11.2 Å². The summed E-state index contributed by atoms with van der Waals surface area (Å²) < 4.78 is 15.6. The number of furan rings is 1. The van der Waals surface area contributed by atoms with Gasteiger partial charge in [0.05, 0.1) is 44.8 Å². The molecule has 1 fully saturated rings. The van der Waals surface area contributed by atoms with Gasteiger partial charge in [0, 0.05) is 12.0 Å². The number of morpholine rings is 1. The fourth-order valence-electron chi connectivity index (χ4n) is 5.40. The number of anilines is 1. The number of nitrogens with zero attached hydrogens (tertiary/aromatic N) is 3. The second kappa shape index (κ2) is 10.6. The van der Waals surface area contributed by atoms with E-state index < -0.39 is 0 Å². The van der Waals surface area contributed by atoms with Crippen molar-refractivity contribution in [2.45, 2.75) is 19.5 Å². The molecule has 5 aromatic rings. The van der Waals surface area contributed by atoms with Gasteiger partial charge in [-0.05, 0) is 23.3 Å². The lowest BCUT2D eigenvalue weighted by atomic mass is 9.99. The Labute approximate surface area is 216 Å². The summed E-state index contributed by atoms with van der Waals surface area (Å²) >= 11 is 0. The molecule has 0 aliphatic carbocycles. The molecule has 0 spiro atoms. The van der Waals surface area contributed by atoms with Crippen LogP contribution in [-0.2, 0) is 17.8 Å². The molecule has 0 amide bonds. The van der Waals surface area contributed by atoms with Gasteiger partial charge in [-0.1, -0.05) is 65.6 Å². The molecule has 7 nitrogen and oxygen atoms in total. The second-order valence-corrected chi connectivity index (χ2v) is 9.61. The van der Waals surface area contributed by atoms with Crippen molar-refractivity contribution in [3.63, 3.8) is 0 Å². The third-order valence-corrected chi connectivity index (χ3v) is 7.25. The van der Waals surface area contributed by atoms with Crippen LogP contribution in [0.2, 0.25) is 0 Å². The maximum absolute atomic E-state index is 6.97. The van der Waals surface area contributed by atoms with Crippen molar-refractivity contribution in [2.24, 2.45) is 0 Å². The van der Waals surface area contributed by atoms with Gasteiger partial charge in [0.25, 0.3) is 0 Å². The minimum atomic E-state index is 0.567. The number of ether oxygens (including phenoxy) is 1. The summed E-state index contributed by atoms with van der Waals surface area (Å²) in [5.41, 5.74) is 12.3. The predicted octanol–water partition coefficient (Wildman–Crippen LogP) is 3.19. The number of aryl methyl sites for hydroxylation is 1. The van der Waals surface area contributed by atoms with E-state index in [0.717, 1.165) is 90.8 Å². The quantitative estimate of drug-likeness (QED) is 0.324. The Kier molecular flexibility index (Phi) is 6.71. The van der Waals surface area contributed by atoms with Gasteiger partial charge in [0.1, 0.15) is 24.2 Å². The highest BCUT2D eigenvalue weighted by Gasteiger charge is 2.28. The molecule has 3 N–H and O–H groups in total. The van der Waals surface area contributed by atoms with Crippen molar-refractivity contribution in [3.05, 3.63) is 91.1 Å². The molecule has 37 heavy (non-hydrogen) atoms. The summed E-state index contributed by atoms with van der Waals surface area (Å²) in [5, 5.41) is 0.984. The van der Waals surface area contributed by atoms with Crippen LogP contribution in [0.1, 0.15) is 12.2 Å². The first-order valence-corrected chi connectivity index (χ1v) is 13.0. The number of nitrogens with two attached hydrogens (primary N) is 1. The van der Waals surface area contributed by atoms with Crippen LogP contribution in [0.3, 0.4) is 0 Å². The Morgan fingerprint density at radius 2 is 1.65 bits per heavy atom. The van der Waals surface area contributed by atoms with Crippen LogP contribution in [0.25, 0.3) is 33.4 Å². The van der Waals surface area contributed by atoms with E-state index in [0.29, 0.717) is 6.54 Å². The van der Waals surface area contributed by atoms with Crippen LogP contribution in [0, 0.1) is 0 Å². The summed E-state index contributed by atoms with van der Waals surface area (Å²) in [5.74, 6) is 1.62. The van der Waals surface area contributed by atoms with E-state index in [-0.39, 0.29) is 0 Å². The molecular formula is C30H33N5O2+2. The van der Waals surface area contributed by atoms with Crippen molar-refractivity contribution >= 4 is 16.9 Å². The number of hydrogen-bond donors (Lipinski definition) is 2. The molecule has 2 aromatic carbocycles. The normalized spacial score (nSPS) is 14.4. The Morgan fingerprint density at radius 1 is 0.919 bits per heavy atom. The lowest BCUT2D eigenvalue weighted by Gasteiger charge is -2.23. The summed E-state index contributed by atoms with van der Waals surface area (Å²) in [4.78, 5) is 6.60. The monoisotopic (exact) mass is 495 g/mol. The van der Waals surface area contributed by atoms with Crippen LogP contribution in [0.15, 0.2) is 89.8 Å². The molecule has 0 bridgehead atoms. The van der Waals surface area contributed by atoms with E-state index in [9.17, 15) is 0 Å². The van der Waals surface area contributed by atoms with Crippen LogP contribution in [0.4, 0.5) is 5.82 Å². The molecule has 1 aliphatic rings. The van der Waals surface area contributed by atoms with Gasteiger partial charge in [-0.3, -0.25) is 0 Å². The molecule has 0 atom stereocenters. The number of rotatable bonds is 8. The second-order valence-electron chi connectivity index (χ2n) is 9.61. The van der Waals surface area contributed by atoms with Crippen molar-refractivity contribution < 1.29 is 18.6 Å². The molecule has 4 heterocycles. The highest BCUT2D eigenvalue weighted by atomic mass is 16.5. The first-order chi connectivity index (χ1) is 18.3. The smallest absolute Gasteiger partial charge is 0.232 e. The van der Waals surface area contributed by atoms with Crippen molar-refractivity contribution in [1.29, 1.82) is 0 Å². The Bertz CT molecular complexity index is 1460. The topological polar surface area (TPSA) is 74.5 Å². The first-order valence-electron chi connectivity index (χ1n) is 13.0. The summed E-state index contributed by atoms with van der Waals surface area (Å²) in [7, 11) is 0. The number of quaternary nitrogens is 1. The maximum atomic E-state index is 6.97. The molecule has 6 rings (SSSR count). The lowest BCUT2D eigenvalue weighted by Crippen LogP contribution is -3.14. The summed E-state index contributed by atoms with van der Waals surface area (Å²) in [6.45, 7) is 6.36. The standard InChI is InChI=1S/C30H31N5O2/c31-29-27-26(23-9-3-1-4-10-23)28(24-11-5-2-6-12-24)35(21-25-13-7-18-37-25)30(27)32-22-34(29)15-8-14-33-16-19-36-20-17-33/h1-7,9-13,18,22,31H,8,14-17,19-21H2/p+2. The number of hydrogen-bond acceptors (Lipinski definition) is 4. The predicted molar refractivity (Wildman–Crippen MR) is 144 cm³/mol. The summed E-state index contributed by atoms with van der Waals surface area (Å²) in [6.07, 6.45) is 4.65. The van der Waals surface area contributed by atoms with Gasteiger partial charge in [-0.15, -0.1) is 0 Å². The van der Waals surface area contributed by atoms with Gasteiger partial charge < -0.3 is 24.4 Å². The molecule has 0 saturated carbocycles. The zero-order chi connectivity index (χ0) is 25.0. The molecule has 3 aromatic heterocycles. The van der Waals surface area contributed by atoms with Gasteiger partial charge in [0.15, 0.2) is 0 Å². The number of nitrogens with one attached hydrogen (secondary N) is 1. The molecule has 0 unspecified atom stereocenters. The van der Waals surface area contributed by atoms with Gasteiger partial charge in [-0.25, -0.2) is 4.57 Å². The number of nitrogen functional groups attached to an aromatic ring is 1. The average Bonchev–Trinajstić information content (AvgIpc) is 3.58. The van der Waals surface area contributed by atoms with Crippen LogP contribution >= 0.6 is 0 Å². The summed E-state index contributed by atoms with van der Waals surface area (Å²) in [6, 6.07) is 24.9. The number of fused-ring (bicyclic) bond motifs is 1. The van der Waals surface area contributed by atoms with E-state index >= 15 is 0 Å². The molecule has 1 aliphatic heterocycles. The Balaban J connectivity index is 1.49. The third kappa shape index (κ3) is 4.75. The van der Waals surface area contributed by atoms with Gasteiger partial charge >= 0.3 is 0 Å². The van der Waals surface area contributed by atoms with Crippen molar-refractivity contribution in [1.82, 2.24) is 9.55 Å². The zero-order valence-electron chi connectivity index (χ0n) is 21.0. The van der Waals surface area contributed by atoms with Gasteiger partial charge in [0.2, 0.25) is 17.8 Å². The van der Waals surface area contributed by atoms with Crippen LogP contribution < -0.4 is 15.2 Å². The minimum Gasteiger partial charge on any atom is -0.467 e. The number of benzene rings is 2. The van der Waals surface area contributed by atoms with E-state index in [1.165, 1.54) is 0 Å². The number of aromatic nitrogens is 3. The fraction of sp³-hybridized carbons (Fsp3) is 0.267. The van der Waals surface area contributed by atoms with E-state index in [2.05, 4.69) is 57.7 Å². The molecular weight excluding hydrogens is 462 g/mol. The molecule has 188 valence electrons. The lowest BCUT2D eigenvalue weighted by molar-refractivity contribution is -0.910. The first kappa shape index (κ1) is 23.5.